The molecule has 0 amide bonds. The van der Waals surface area contributed by atoms with Crippen molar-refractivity contribution < 1.29 is 20.1 Å². The van der Waals surface area contributed by atoms with Crippen LogP contribution in [0.3, 0.4) is 0 Å². The van der Waals surface area contributed by atoms with E-state index in [9.17, 15) is 15.0 Å². The third kappa shape index (κ3) is 2.20. The molecule has 21 heavy (non-hydrogen) atoms. The number of aromatic amines is 1. The van der Waals surface area contributed by atoms with Crippen LogP contribution in [0.5, 0.6) is 0 Å². The van der Waals surface area contributed by atoms with Crippen LogP contribution in [-0.2, 0) is 4.74 Å². The number of nitrogens with two attached hydrogens (primary N) is 1. The van der Waals surface area contributed by atoms with Crippen molar-refractivity contribution in [3.8, 4) is 0 Å². The first kappa shape index (κ1) is 14.6. The van der Waals surface area contributed by atoms with Crippen LogP contribution in [0.1, 0.15) is 6.23 Å². The van der Waals surface area contributed by atoms with Crippen molar-refractivity contribution >= 4 is 39.6 Å². The lowest BCUT2D eigenvalue weighted by molar-refractivity contribution is -0.0568. The maximum Gasteiger partial charge on any atom is 0.264 e. The molecule has 0 radical (unpaired) electrons. The van der Waals surface area contributed by atoms with Crippen molar-refractivity contribution in [1.29, 1.82) is 0 Å². The number of nitrogens with one attached hydrogen (secondary N) is 1. The number of aliphatic hydroxyl groups is 3. The smallest absolute Gasteiger partial charge is 0.264 e. The maximum absolute atomic E-state index is 11.9. The summed E-state index contributed by atoms with van der Waals surface area (Å²) in [6.07, 6.45) is -4.60. The predicted octanol–water partition coefficient (Wildman–Crippen LogP) is -2.08. The second-order valence-corrected chi connectivity index (χ2v) is 5.64. The summed E-state index contributed by atoms with van der Waals surface area (Å²) in [5.41, 5.74) is 5.19. The molecule has 11 heteroatoms. The van der Waals surface area contributed by atoms with Gasteiger partial charge < -0.3 is 25.8 Å². The van der Waals surface area contributed by atoms with E-state index in [0.29, 0.717) is 3.70 Å². The molecule has 3 rings (SSSR count). The van der Waals surface area contributed by atoms with Gasteiger partial charge in [-0.3, -0.25) is 9.78 Å². The molecule has 2 aromatic heterocycles. The molecule has 0 aliphatic carbocycles. The highest BCUT2D eigenvalue weighted by Gasteiger charge is 2.44. The summed E-state index contributed by atoms with van der Waals surface area (Å²) in [5.74, 6) is -0.100. The first-order valence-electron chi connectivity index (χ1n) is 6.00. The van der Waals surface area contributed by atoms with Crippen molar-refractivity contribution in [3.05, 3.63) is 14.1 Å². The molecular formula is C10H12IN5O5. The number of rotatable bonds is 2. The van der Waals surface area contributed by atoms with Crippen LogP contribution in [0.2, 0.25) is 0 Å². The van der Waals surface area contributed by atoms with Crippen LogP contribution < -0.4 is 11.3 Å². The van der Waals surface area contributed by atoms with E-state index in [1.165, 1.54) is 4.68 Å². The Bertz CT molecular complexity index is 745. The average Bonchev–Trinajstić information content (AvgIpc) is 2.89. The second kappa shape index (κ2) is 5.17. The van der Waals surface area contributed by atoms with Crippen molar-refractivity contribution in [1.82, 2.24) is 19.7 Å². The Kier molecular flexibility index (Phi) is 3.61. The van der Waals surface area contributed by atoms with Crippen LogP contribution >= 0.6 is 22.6 Å². The van der Waals surface area contributed by atoms with Crippen LogP contribution in [0.15, 0.2) is 4.79 Å². The number of nitrogen functional groups attached to an aromatic ring is 1. The molecule has 3 heterocycles. The van der Waals surface area contributed by atoms with Crippen LogP contribution in [0, 0.1) is 3.70 Å². The number of H-pyrrole nitrogens is 1. The molecule has 0 unspecified atom stereocenters. The highest BCUT2D eigenvalue weighted by Crippen LogP contribution is 2.31. The minimum absolute atomic E-state index is 0.100. The molecule has 1 fully saturated rings. The summed E-state index contributed by atoms with van der Waals surface area (Å²) in [4.78, 5) is 18.2. The third-order valence-corrected chi connectivity index (χ3v) is 4.05. The molecule has 2 aromatic rings. The Morgan fingerprint density at radius 1 is 1.43 bits per heavy atom. The second-order valence-electron chi connectivity index (χ2n) is 4.61. The van der Waals surface area contributed by atoms with Gasteiger partial charge in [-0.2, -0.15) is 10.1 Å². The average molecular weight is 409 g/mol. The number of hydrogen-bond donors (Lipinski definition) is 5. The van der Waals surface area contributed by atoms with E-state index in [1.807, 2.05) is 22.6 Å². The van der Waals surface area contributed by atoms with Gasteiger partial charge in [0.25, 0.3) is 5.56 Å². The highest BCUT2D eigenvalue weighted by molar-refractivity contribution is 14.1. The monoisotopic (exact) mass is 409 g/mol. The van der Waals surface area contributed by atoms with Gasteiger partial charge in [0, 0.05) is 0 Å². The zero-order chi connectivity index (χ0) is 15.3. The number of halogens is 1. The fraction of sp³-hybridized carbons (Fsp3) is 0.500. The van der Waals surface area contributed by atoms with Gasteiger partial charge >= 0.3 is 0 Å². The molecule has 4 atom stereocenters. The molecule has 6 N–H and O–H groups in total. The Hall–Kier alpha value is -1.28. The molecule has 0 bridgehead atoms. The highest BCUT2D eigenvalue weighted by atomic mass is 127. The number of aliphatic hydroxyl groups excluding tert-OH is 3. The Balaban J connectivity index is 2.16. The lowest BCUT2D eigenvalue weighted by atomic mass is 10.1. The Labute approximate surface area is 130 Å². The summed E-state index contributed by atoms with van der Waals surface area (Å²) in [5, 5.41) is 33.2. The van der Waals surface area contributed by atoms with Crippen molar-refractivity contribution in [2.45, 2.75) is 24.5 Å². The van der Waals surface area contributed by atoms with Crippen molar-refractivity contribution in [3.63, 3.8) is 0 Å². The molecule has 0 spiro atoms. The lowest BCUT2D eigenvalue weighted by Crippen LogP contribution is -2.33. The summed E-state index contributed by atoms with van der Waals surface area (Å²) >= 11 is 1.85. The van der Waals surface area contributed by atoms with Gasteiger partial charge in [-0.1, -0.05) is 0 Å². The Morgan fingerprint density at radius 3 is 2.76 bits per heavy atom. The normalized spacial score (nSPS) is 29.3. The van der Waals surface area contributed by atoms with Gasteiger partial charge in [-0.25, -0.2) is 4.68 Å². The van der Waals surface area contributed by atoms with Gasteiger partial charge in [-0.05, 0) is 22.6 Å². The standard InChI is InChI=1S/C10H12IN5O5/c11-6-3-7(13-10(12)14-8(3)20)16(15-6)9-5(19)4(18)2(1-17)21-9/h2,4-5,9,17-19H,1H2,(H3,12,13,14,20)/t2-,4-,5-,9-/m1/s1. The maximum atomic E-state index is 11.9. The molecule has 0 aromatic carbocycles. The molecule has 1 saturated heterocycles. The topological polar surface area (TPSA) is 160 Å². The van der Waals surface area contributed by atoms with Gasteiger partial charge in [0.15, 0.2) is 11.9 Å². The van der Waals surface area contributed by atoms with Crippen LogP contribution in [-0.4, -0.2) is 60.0 Å². The van der Waals surface area contributed by atoms with E-state index in [2.05, 4.69) is 15.1 Å². The fourth-order valence-corrected chi connectivity index (χ4v) is 3.00. The van der Waals surface area contributed by atoms with Gasteiger partial charge in [0.2, 0.25) is 5.95 Å². The zero-order valence-corrected chi connectivity index (χ0v) is 12.6. The molecule has 1 aliphatic rings. The number of aromatic nitrogens is 4. The summed E-state index contributed by atoms with van der Waals surface area (Å²) in [7, 11) is 0. The molecule has 114 valence electrons. The molecule has 0 saturated carbocycles. The van der Waals surface area contributed by atoms with Crippen LogP contribution in [0.4, 0.5) is 5.95 Å². The Morgan fingerprint density at radius 2 is 2.14 bits per heavy atom. The number of hydrogen-bond acceptors (Lipinski definition) is 8. The number of ether oxygens (including phenoxy) is 1. The first-order chi connectivity index (χ1) is 9.93. The van der Waals surface area contributed by atoms with Crippen molar-refractivity contribution in [2.75, 3.05) is 12.3 Å². The SMILES string of the molecule is Nc1nc2c(c(I)nn2[C@@H]2O[C@H](CO)[C@@H](O)[C@H]2O)c(=O)[nH]1. The summed E-state index contributed by atoms with van der Waals surface area (Å²) in [6.45, 7) is -0.457. The van der Waals surface area contributed by atoms with E-state index < -0.39 is 36.7 Å². The van der Waals surface area contributed by atoms with Crippen LogP contribution in [0.25, 0.3) is 11.0 Å². The van der Waals surface area contributed by atoms with E-state index in [1.54, 1.807) is 0 Å². The van der Waals surface area contributed by atoms with E-state index in [-0.39, 0.29) is 17.0 Å². The quantitative estimate of drug-likeness (QED) is 0.354. The fourth-order valence-electron chi connectivity index (χ4n) is 2.28. The first-order valence-corrected chi connectivity index (χ1v) is 7.08. The number of anilines is 1. The van der Waals surface area contributed by atoms with Gasteiger partial charge in [0.05, 0.1) is 6.61 Å². The van der Waals surface area contributed by atoms with Crippen molar-refractivity contribution in [2.24, 2.45) is 0 Å². The largest absolute Gasteiger partial charge is 0.394 e. The van der Waals surface area contributed by atoms with E-state index in [4.69, 9.17) is 15.6 Å². The lowest BCUT2D eigenvalue weighted by Gasteiger charge is -2.15. The van der Waals surface area contributed by atoms with E-state index >= 15 is 0 Å². The molecular weight excluding hydrogens is 397 g/mol. The third-order valence-electron chi connectivity index (χ3n) is 3.30. The minimum Gasteiger partial charge on any atom is -0.394 e. The summed E-state index contributed by atoms with van der Waals surface area (Å²) < 4.78 is 6.92. The number of fused-ring (bicyclic) bond motifs is 1. The molecule has 10 nitrogen and oxygen atoms in total. The van der Waals surface area contributed by atoms with E-state index in [0.717, 1.165) is 0 Å². The summed E-state index contributed by atoms with van der Waals surface area (Å²) in [6, 6.07) is 0. The minimum atomic E-state index is -1.32. The molecule has 1 aliphatic heterocycles. The zero-order valence-electron chi connectivity index (χ0n) is 10.5. The predicted molar refractivity (Wildman–Crippen MR) is 78.3 cm³/mol. The van der Waals surface area contributed by atoms with Gasteiger partial charge in [-0.15, -0.1) is 0 Å². The number of nitrogens with zero attached hydrogens (tertiary/aromatic N) is 3. The van der Waals surface area contributed by atoms with Gasteiger partial charge in [0.1, 0.15) is 27.4 Å².